The van der Waals surface area contributed by atoms with Gasteiger partial charge in [-0.25, -0.2) is 4.98 Å². The first kappa shape index (κ1) is 19.2. The lowest BCUT2D eigenvalue weighted by Crippen LogP contribution is -2.38. The molecule has 0 unspecified atom stereocenters. The van der Waals surface area contributed by atoms with Gasteiger partial charge in [-0.05, 0) is 30.7 Å². The first-order chi connectivity index (χ1) is 12.2. The van der Waals surface area contributed by atoms with Crippen molar-refractivity contribution in [3.05, 3.63) is 27.5 Å². The lowest BCUT2D eigenvalue weighted by molar-refractivity contribution is -0.165. The normalized spacial score (nSPS) is 25.5. The van der Waals surface area contributed by atoms with E-state index in [9.17, 15) is 9.59 Å². The van der Waals surface area contributed by atoms with E-state index in [4.69, 9.17) is 49.0 Å². The van der Waals surface area contributed by atoms with Crippen LogP contribution in [0.3, 0.4) is 0 Å². The molecule has 4 atom stereocenters. The van der Waals surface area contributed by atoms with E-state index < -0.39 is 36.5 Å². The van der Waals surface area contributed by atoms with Gasteiger partial charge in [0.15, 0.2) is 18.4 Å². The summed E-state index contributed by atoms with van der Waals surface area (Å²) in [6.07, 6.45) is -3.09. The highest BCUT2D eigenvalue weighted by Gasteiger charge is 2.49. The van der Waals surface area contributed by atoms with Crippen LogP contribution < -0.4 is 0 Å². The fourth-order valence-corrected chi connectivity index (χ4v) is 3.58. The maximum atomic E-state index is 11.6. The van der Waals surface area contributed by atoms with E-state index in [0.717, 1.165) is 0 Å². The molecule has 0 aliphatic carbocycles. The summed E-state index contributed by atoms with van der Waals surface area (Å²) >= 11 is 18.4. The van der Waals surface area contributed by atoms with Crippen molar-refractivity contribution in [2.24, 2.45) is 0 Å². The van der Waals surface area contributed by atoms with E-state index in [0.29, 0.717) is 21.1 Å². The summed E-state index contributed by atoms with van der Waals surface area (Å²) in [6.45, 7) is 4.24. The summed E-state index contributed by atoms with van der Waals surface area (Å²) in [5.74, 6) is -1.06. The van der Waals surface area contributed by atoms with E-state index in [-0.39, 0.29) is 5.28 Å². The fourth-order valence-electron chi connectivity index (χ4n) is 2.99. The van der Waals surface area contributed by atoms with Crippen molar-refractivity contribution in [2.75, 3.05) is 0 Å². The van der Waals surface area contributed by atoms with Crippen LogP contribution >= 0.6 is 34.8 Å². The van der Waals surface area contributed by atoms with Gasteiger partial charge < -0.3 is 14.2 Å². The number of hydrogen-bond acceptors (Lipinski definition) is 6. The number of nitrogens with zero attached hydrogens (tertiary/aromatic N) is 2. The average molecular weight is 422 g/mol. The van der Waals surface area contributed by atoms with Gasteiger partial charge in [0.05, 0.1) is 27.2 Å². The van der Waals surface area contributed by atoms with Crippen molar-refractivity contribution in [3.63, 3.8) is 0 Å². The molecular weight excluding hydrogens is 407 g/mol. The Bertz CT molecular complexity index is 884. The Morgan fingerprint density at radius 1 is 1.08 bits per heavy atom. The number of hydrogen-bond donors (Lipinski definition) is 0. The number of carbonyl (C=O) groups is 2. The Morgan fingerprint density at radius 2 is 1.65 bits per heavy atom. The number of esters is 2. The quantitative estimate of drug-likeness (QED) is 0.702. The second-order valence-electron chi connectivity index (χ2n) is 5.89. The number of benzene rings is 1. The van der Waals surface area contributed by atoms with Crippen molar-refractivity contribution in [3.8, 4) is 0 Å². The molecule has 0 radical (unpaired) electrons. The molecule has 1 fully saturated rings. The molecule has 1 aliphatic rings. The number of imidazole rings is 1. The Labute approximate surface area is 164 Å². The Hall–Kier alpha value is -1.54. The minimum Gasteiger partial charge on any atom is -0.456 e. The molecule has 7 nitrogen and oxygen atoms in total. The monoisotopic (exact) mass is 420 g/mol. The van der Waals surface area contributed by atoms with Gasteiger partial charge in [-0.1, -0.05) is 23.2 Å². The number of fused-ring (bicyclic) bond motifs is 1. The zero-order valence-corrected chi connectivity index (χ0v) is 16.3. The topological polar surface area (TPSA) is 79.6 Å². The summed E-state index contributed by atoms with van der Waals surface area (Å²) in [5, 5.41) is 0.732. The smallest absolute Gasteiger partial charge is 0.303 e. The van der Waals surface area contributed by atoms with Crippen molar-refractivity contribution >= 4 is 57.8 Å². The minimum atomic E-state index is -0.907. The van der Waals surface area contributed by atoms with Crippen LogP contribution in [-0.4, -0.2) is 39.8 Å². The third kappa shape index (κ3) is 3.49. The van der Waals surface area contributed by atoms with Gasteiger partial charge in [-0.15, -0.1) is 0 Å². The number of aromatic nitrogens is 2. The zero-order chi connectivity index (χ0) is 19.2. The third-order valence-electron chi connectivity index (χ3n) is 3.97. The summed E-state index contributed by atoms with van der Waals surface area (Å²) in [7, 11) is 0. The molecule has 1 aliphatic heterocycles. The Kier molecular flexibility index (Phi) is 5.35. The SMILES string of the molecule is CC(=O)O[C@@H]1[C@H](OC(C)=O)[C@@H](C)O[C@H]1n1c(Cl)nc2cc(Cl)c(Cl)cc21. The molecule has 1 aromatic heterocycles. The van der Waals surface area contributed by atoms with Gasteiger partial charge in [-0.3, -0.25) is 14.2 Å². The number of rotatable bonds is 3. The first-order valence-corrected chi connectivity index (χ1v) is 8.84. The van der Waals surface area contributed by atoms with Crippen molar-refractivity contribution < 1.29 is 23.8 Å². The molecule has 10 heteroatoms. The first-order valence-electron chi connectivity index (χ1n) is 7.71. The highest BCUT2D eigenvalue weighted by molar-refractivity contribution is 6.42. The molecule has 2 aromatic rings. The van der Waals surface area contributed by atoms with Gasteiger partial charge in [0, 0.05) is 13.8 Å². The average Bonchev–Trinajstić information content (AvgIpc) is 2.97. The fraction of sp³-hybridized carbons (Fsp3) is 0.438. The molecule has 3 rings (SSSR count). The molecule has 0 bridgehead atoms. The number of halogens is 3. The Morgan fingerprint density at radius 3 is 2.27 bits per heavy atom. The molecule has 1 aromatic carbocycles. The standard InChI is InChI=1S/C16H15Cl3N2O5/c1-6-13(25-7(2)22)14(26-8(3)23)15(24-6)21-12-5-10(18)9(17)4-11(12)20-16(21)19/h4-6,13-15H,1-3H3/t6-,13-,14-,15-/m1/s1. The van der Waals surface area contributed by atoms with E-state index in [1.807, 2.05) is 0 Å². The second-order valence-corrected chi connectivity index (χ2v) is 7.04. The van der Waals surface area contributed by atoms with Crippen LogP contribution in [0.15, 0.2) is 12.1 Å². The molecule has 140 valence electrons. The lowest BCUT2D eigenvalue weighted by Gasteiger charge is -2.24. The minimum absolute atomic E-state index is 0.0937. The predicted octanol–water partition coefficient (Wildman–Crippen LogP) is 3.78. The van der Waals surface area contributed by atoms with Crippen LogP contribution in [0.4, 0.5) is 0 Å². The van der Waals surface area contributed by atoms with Crippen LogP contribution in [0.25, 0.3) is 11.0 Å². The molecule has 1 saturated heterocycles. The van der Waals surface area contributed by atoms with Gasteiger partial charge >= 0.3 is 11.9 Å². The maximum absolute atomic E-state index is 11.6. The highest BCUT2D eigenvalue weighted by Crippen LogP contribution is 2.39. The van der Waals surface area contributed by atoms with Crippen LogP contribution in [-0.2, 0) is 23.8 Å². The molecular formula is C16H15Cl3N2O5. The highest BCUT2D eigenvalue weighted by atomic mass is 35.5. The van der Waals surface area contributed by atoms with Gasteiger partial charge in [0.25, 0.3) is 0 Å². The van der Waals surface area contributed by atoms with Crippen LogP contribution in [0, 0.1) is 0 Å². The molecule has 0 saturated carbocycles. The van der Waals surface area contributed by atoms with Gasteiger partial charge in [0.2, 0.25) is 5.28 Å². The summed E-state index contributed by atoms with van der Waals surface area (Å²) < 4.78 is 18.1. The second kappa shape index (κ2) is 7.23. The summed E-state index contributed by atoms with van der Waals surface area (Å²) in [5.41, 5.74) is 1.04. The largest absolute Gasteiger partial charge is 0.456 e. The van der Waals surface area contributed by atoms with E-state index in [1.165, 1.54) is 18.4 Å². The van der Waals surface area contributed by atoms with E-state index in [1.54, 1.807) is 19.1 Å². The van der Waals surface area contributed by atoms with E-state index >= 15 is 0 Å². The maximum Gasteiger partial charge on any atom is 0.303 e. The zero-order valence-electron chi connectivity index (χ0n) is 14.0. The lowest BCUT2D eigenvalue weighted by atomic mass is 10.1. The molecule has 2 heterocycles. The van der Waals surface area contributed by atoms with Crippen LogP contribution in [0.5, 0.6) is 0 Å². The summed E-state index contributed by atoms with van der Waals surface area (Å²) in [6, 6.07) is 3.17. The molecule has 0 amide bonds. The molecule has 26 heavy (non-hydrogen) atoms. The number of carbonyl (C=O) groups excluding carboxylic acids is 2. The molecule has 0 N–H and O–H groups in total. The van der Waals surface area contributed by atoms with Gasteiger partial charge in [-0.2, -0.15) is 0 Å². The summed E-state index contributed by atoms with van der Waals surface area (Å²) in [4.78, 5) is 27.3. The Balaban J connectivity index is 2.10. The van der Waals surface area contributed by atoms with Gasteiger partial charge in [0.1, 0.15) is 0 Å². The van der Waals surface area contributed by atoms with Crippen LogP contribution in [0.2, 0.25) is 15.3 Å². The van der Waals surface area contributed by atoms with E-state index in [2.05, 4.69) is 4.98 Å². The third-order valence-corrected chi connectivity index (χ3v) is 4.96. The van der Waals surface area contributed by atoms with Crippen molar-refractivity contribution in [1.82, 2.24) is 9.55 Å². The molecule has 0 spiro atoms. The van der Waals surface area contributed by atoms with Crippen LogP contribution in [0.1, 0.15) is 27.0 Å². The van der Waals surface area contributed by atoms with Crippen molar-refractivity contribution in [1.29, 1.82) is 0 Å². The number of ether oxygens (including phenoxy) is 3. The predicted molar refractivity (Wildman–Crippen MR) is 95.5 cm³/mol. The van der Waals surface area contributed by atoms with Crippen molar-refractivity contribution in [2.45, 2.75) is 45.3 Å².